The smallest absolute Gasteiger partial charge is 0.268 e. The fraction of sp³-hybridized carbons (Fsp3) is 0.308. The number of hydrogen-bond donors (Lipinski definition) is 2. The first-order valence-electron chi connectivity index (χ1n) is 6.06. The van der Waals surface area contributed by atoms with E-state index in [2.05, 4.69) is 28.7 Å². The summed E-state index contributed by atoms with van der Waals surface area (Å²) in [4.78, 5) is 14.9. The van der Waals surface area contributed by atoms with Gasteiger partial charge in [-0.2, -0.15) is 0 Å². The number of carbonyl (C=O) groups excluding carboxylic acids is 1. The van der Waals surface area contributed by atoms with Gasteiger partial charge in [-0.25, -0.2) is 5.84 Å². The van der Waals surface area contributed by atoms with Gasteiger partial charge in [-0.15, -0.1) is 11.3 Å². The lowest BCUT2D eigenvalue weighted by molar-refractivity contribution is 0.0953. The highest BCUT2D eigenvalue weighted by molar-refractivity contribution is 7.09. The number of furan rings is 1. The van der Waals surface area contributed by atoms with Crippen molar-refractivity contribution in [2.24, 2.45) is 5.84 Å². The van der Waals surface area contributed by atoms with Crippen molar-refractivity contribution >= 4 is 17.2 Å². The van der Waals surface area contributed by atoms with Crippen LogP contribution in [-0.4, -0.2) is 17.4 Å². The molecule has 2 rings (SSSR count). The van der Waals surface area contributed by atoms with Crippen LogP contribution in [0.4, 0.5) is 0 Å². The van der Waals surface area contributed by atoms with Crippen molar-refractivity contribution in [3.05, 3.63) is 46.0 Å². The van der Waals surface area contributed by atoms with Gasteiger partial charge in [0.2, 0.25) is 0 Å². The Kier molecular flexibility index (Phi) is 4.73. The van der Waals surface area contributed by atoms with Crippen molar-refractivity contribution in [1.29, 1.82) is 0 Å². The minimum Gasteiger partial charge on any atom is -0.467 e. The van der Waals surface area contributed by atoms with Gasteiger partial charge < -0.3 is 4.42 Å². The van der Waals surface area contributed by atoms with E-state index in [0.29, 0.717) is 12.1 Å². The molecule has 19 heavy (non-hydrogen) atoms. The van der Waals surface area contributed by atoms with Gasteiger partial charge in [0.05, 0.1) is 12.1 Å². The maximum Gasteiger partial charge on any atom is 0.268 e. The second kappa shape index (κ2) is 6.51. The summed E-state index contributed by atoms with van der Waals surface area (Å²) in [6.45, 7) is 4.57. The number of nitrogen functional groups attached to an aromatic ring is 1. The first-order chi connectivity index (χ1) is 9.22. The van der Waals surface area contributed by atoms with Gasteiger partial charge in [-0.05, 0) is 24.1 Å². The number of nitrogens with one attached hydrogen (secondary N) is 1. The van der Waals surface area contributed by atoms with Crippen LogP contribution in [0, 0.1) is 0 Å². The van der Waals surface area contributed by atoms with E-state index in [0.717, 1.165) is 18.8 Å². The lowest BCUT2D eigenvalue weighted by Gasteiger charge is -2.17. The number of nitrogens with two attached hydrogens (primary N) is 1. The summed E-state index contributed by atoms with van der Waals surface area (Å²) in [5.41, 5.74) is 2.54. The van der Waals surface area contributed by atoms with Crippen molar-refractivity contribution in [1.82, 2.24) is 10.3 Å². The van der Waals surface area contributed by atoms with Crippen LogP contribution in [0.5, 0.6) is 0 Å². The third-order valence-electron chi connectivity index (χ3n) is 2.83. The SMILES string of the molecule is CCN(Cc1cc(C(=O)NN)co1)Cc1cccs1. The zero-order valence-corrected chi connectivity index (χ0v) is 11.6. The second-order valence-corrected chi connectivity index (χ2v) is 5.19. The standard InChI is InChI=1S/C13H17N3O2S/c1-2-16(8-12-4-3-5-19-12)7-11-6-10(9-18-11)13(17)15-14/h3-6,9H,2,7-8,14H2,1H3,(H,15,17). The first kappa shape index (κ1) is 13.8. The zero-order chi connectivity index (χ0) is 13.7. The van der Waals surface area contributed by atoms with E-state index in [9.17, 15) is 4.79 Å². The number of amides is 1. The first-order valence-corrected chi connectivity index (χ1v) is 6.94. The second-order valence-electron chi connectivity index (χ2n) is 4.16. The average Bonchev–Trinajstić information content (AvgIpc) is 3.08. The minimum atomic E-state index is -0.337. The lowest BCUT2D eigenvalue weighted by Crippen LogP contribution is -2.29. The Labute approximate surface area is 116 Å². The number of carbonyl (C=O) groups is 1. The molecular formula is C13H17N3O2S. The number of rotatable bonds is 6. The van der Waals surface area contributed by atoms with Crippen molar-refractivity contribution in [3.8, 4) is 0 Å². The van der Waals surface area contributed by atoms with Crippen LogP contribution < -0.4 is 11.3 Å². The molecule has 0 spiro atoms. The van der Waals surface area contributed by atoms with E-state index in [1.54, 1.807) is 17.4 Å². The molecule has 0 unspecified atom stereocenters. The minimum absolute atomic E-state index is 0.337. The van der Waals surface area contributed by atoms with Crippen molar-refractivity contribution < 1.29 is 9.21 Å². The normalized spacial score (nSPS) is 10.9. The molecule has 0 aliphatic heterocycles. The van der Waals surface area contributed by atoms with E-state index in [4.69, 9.17) is 10.3 Å². The summed E-state index contributed by atoms with van der Waals surface area (Å²) in [6, 6.07) is 5.88. The molecule has 0 atom stereocenters. The number of nitrogens with zero attached hydrogens (tertiary/aromatic N) is 1. The number of thiophene rings is 1. The molecule has 1 amide bonds. The molecular weight excluding hydrogens is 262 g/mol. The van der Waals surface area contributed by atoms with E-state index in [-0.39, 0.29) is 5.91 Å². The zero-order valence-electron chi connectivity index (χ0n) is 10.8. The summed E-state index contributed by atoms with van der Waals surface area (Å²) >= 11 is 1.74. The van der Waals surface area contributed by atoms with Crippen LogP contribution in [0.3, 0.4) is 0 Å². The summed E-state index contributed by atoms with van der Waals surface area (Å²) < 4.78 is 5.38. The quantitative estimate of drug-likeness (QED) is 0.482. The molecule has 2 heterocycles. The molecule has 0 radical (unpaired) electrons. The van der Waals surface area contributed by atoms with Crippen LogP contribution in [0.15, 0.2) is 34.3 Å². The molecule has 0 saturated heterocycles. The Morgan fingerprint density at radius 1 is 1.53 bits per heavy atom. The predicted octanol–water partition coefficient (Wildman–Crippen LogP) is 1.97. The summed E-state index contributed by atoms with van der Waals surface area (Å²) in [7, 11) is 0. The monoisotopic (exact) mass is 279 g/mol. The molecule has 3 N–H and O–H groups in total. The summed E-state index contributed by atoms with van der Waals surface area (Å²) in [5, 5.41) is 2.07. The third kappa shape index (κ3) is 3.66. The molecule has 5 nitrogen and oxygen atoms in total. The number of hydrazine groups is 1. The Hall–Kier alpha value is -1.63. The van der Waals surface area contributed by atoms with Gasteiger partial charge in [0.25, 0.3) is 5.91 Å². The van der Waals surface area contributed by atoms with Crippen LogP contribution in [0.25, 0.3) is 0 Å². The molecule has 0 bridgehead atoms. The number of hydrogen-bond acceptors (Lipinski definition) is 5. The summed E-state index contributed by atoms with van der Waals surface area (Å²) in [6.07, 6.45) is 1.43. The molecule has 102 valence electrons. The average molecular weight is 279 g/mol. The molecule has 0 saturated carbocycles. The van der Waals surface area contributed by atoms with Gasteiger partial charge >= 0.3 is 0 Å². The topological polar surface area (TPSA) is 71.5 Å². The Morgan fingerprint density at radius 3 is 3.00 bits per heavy atom. The maximum atomic E-state index is 11.3. The van der Waals surface area contributed by atoms with Crippen molar-refractivity contribution in [2.75, 3.05) is 6.54 Å². The van der Waals surface area contributed by atoms with Crippen LogP contribution in [0.2, 0.25) is 0 Å². The Balaban J connectivity index is 1.98. The highest BCUT2D eigenvalue weighted by Crippen LogP contribution is 2.15. The van der Waals surface area contributed by atoms with Gasteiger partial charge in [0.15, 0.2) is 0 Å². The fourth-order valence-corrected chi connectivity index (χ4v) is 2.53. The van der Waals surface area contributed by atoms with Crippen LogP contribution in [-0.2, 0) is 13.1 Å². The maximum absolute atomic E-state index is 11.3. The molecule has 6 heteroatoms. The van der Waals surface area contributed by atoms with Gasteiger partial charge in [-0.3, -0.25) is 15.1 Å². The van der Waals surface area contributed by atoms with Gasteiger partial charge in [-0.1, -0.05) is 13.0 Å². The predicted molar refractivity (Wildman–Crippen MR) is 74.5 cm³/mol. The Bertz CT molecular complexity index is 522. The van der Waals surface area contributed by atoms with Crippen molar-refractivity contribution in [2.45, 2.75) is 20.0 Å². The molecule has 2 aromatic rings. The largest absolute Gasteiger partial charge is 0.467 e. The van der Waals surface area contributed by atoms with Crippen molar-refractivity contribution in [3.63, 3.8) is 0 Å². The lowest BCUT2D eigenvalue weighted by atomic mass is 10.3. The van der Waals surface area contributed by atoms with Gasteiger partial charge in [0.1, 0.15) is 12.0 Å². The van der Waals surface area contributed by atoms with E-state index in [1.807, 2.05) is 6.07 Å². The van der Waals surface area contributed by atoms with E-state index >= 15 is 0 Å². The molecule has 0 aliphatic carbocycles. The van der Waals surface area contributed by atoms with Crippen LogP contribution in [0.1, 0.15) is 27.9 Å². The molecule has 2 aromatic heterocycles. The molecule has 0 aromatic carbocycles. The van der Waals surface area contributed by atoms with E-state index < -0.39 is 0 Å². The highest BCUT2D eigenvalue weighted by atomic mass is 32.1. The fourth-order valence-electron chi connectivity index (χ4n) is 1.79. The van der Waals surface area contributed by atoms with Crippen LogP contribution >= 0.6 is 11.3 Å². The third-order valence-corrected chi connectivity index (χ3v) is 3.69. The van der Waals surface area contributed by atoms with Gasteiger partial charge in [0, 0.05) is 11.4 Å². The highest BCUT2D eigenvalue weighted by Gasteiger charge is 2.12. The van der Waals surface area contributed by atoms with E-state index in [1.165, 1.54) is 11.1 Å². The summed E-state index contributed by atoms with van der Waals surface area (Å²) in [5.74, 6) is 5.51. The Morgan fingerprint density at radius 2 is 2.37 bits per heavy atom. The molecule has 0 aliphatic rings. The molecule has 0 fully saturated rings.